The third kappa shape index (κ3) is 2.09. The van der Waals surface area contributed by atoms with Crippen molar-refractivity contribution in [3.05, 3.63) is 42.5 Å². The van der Waals surface area contributed by atoms with Crippen molar-refractivity contribution in [3.8, 4) is 22.6 Å². The predicted molar refractivity (Wildman–Crippen MR) is 63.8 cm³/mol. The van der Waals surface area contributed by atoms with Crippen LogP contribution in [0.1, 0.15) is 0 Å². The normalized spacial score (nSPS) is 10.6. The van der Waals surface area contributed by atoms with Gasteiger partial charge in [0, 0.05) is 5.56 Å². The first-order chi connectivity index (χ1) is 8.11. The van der Waals surface area contributed by atoms with Gasteiger partial charge in [-0.05, 0) is 17.7 Å². The molecule has 0 aromatic heterocycles. The van der Waals surface area contributed by atoms with E-state index in [4.69, 9.17) is 0 Å². The minimum Gasteiger partial charge on any atom is -0.504 e. The summed E-state index contributed by atoms with van der Waals surface area (Å²) in [6.45, 7) is 0. The molecule has 2 rings (SSSR count). The Bertz CT molecular complexity index is 610. The minimum absolute atomic E-state index is 0.0125. The zero-order chi connectivity index (χ0) is 12.4. The summed E-state index contributed by atoms with van der Waals surface area (Å²) in [5.74, 6) is -0.766. The van der Waals surface area contributed by atoms with Crippen LogP contribution in [0, 0.1) is 0 Å². The lowest BCUT2D eigenvalue weighted by atomic mass is 10.0. The summed E-state index contributed by atoms with van der Waals surface area (Å²) in [7, 11) is -2.84. The van der Waals surface area contributed by atoms with Crippen LogP contribution in [0.4, 0.5) is 0 Å². The van der Waals surface area contributed by atoms with Gasteiger partial charge in [-0.1, -0.05) is 30.3 Å². The summed E-state index contributed by atoms with van der Waals surface area (Å²) in [4.78, 5) is -0.0125. The fraction of sp³-hybridized carbons (Fsp3) is 0. The second-order valence-corrected chi connectivity index (χ2v) is 4.45. The molecule has 2 aromatic carbocycles. The van der Waals surface area contributed by atoms with Crippen LogP contribution in [-0.4, -0.2) is 18.6 Å². The van der Waals surface area contributed by atoms with Crippen LogP contribution in [-0.2, 0) is 10.7 Å². The van der Waals surface area contributed by atoms with E-state index in [-0.39, 0.29) is 16.2 Å². The van der Waals surface area contributed by atoms with Gasteiger partial charge in [-0.15, -0.1) is 0 Å². The number of hydrogen-bond donors (Lipinski definition) is 3. The molecule has 0 heterocycles. The van der Waals surface area contributed by atoms with Crippen LogP contribution in [0.2, 0.25) is 0 Å². The third-order valence-corrected chi connectivity index (χ3v) is 3.16. The molecule has 0 saturated carbocycles. The van der Waals surface area contributed by atoms with E-state index in [0.29, 0.717) is 5.56 Å². The Morgan fingerprint density at radius 3 is 2.12 bits per heavy atom. The molecule has 0 atom stereocenters. The molecule has 0 unspecified atom stereocenters. The van der Waals surface area contributed by atoms with Crippen molar-refractivity contribution in [1.82, 2.24) is 0 Å². The Labute approximate surface area is 99.7 Å². The average Bonchev–Trinajstić information content (AvgIpc) is 2.33. The van der Waals surface area contributed by atoms with Crippen LogP contribution in [0.5, 0.6) is 11.5 Å². The van der Waals surface area contributed by atoms with Crippen molar-refractivity contribution in [2.75, 3.05) is 0 Å². The maximum atomic E-state index is 11.1. The molecule has 0 saturated heterocycles. The lowest BCUT2D eigenvalue weighted by Gasteiger charge is -2.08. The lowest BCUT2D eigenvalue weighted by molar-refractivity contribution is 0.404. The fourth-order valence-corrected chi connectivity index (χ4v) is 2.22. The Morgan fingerprint density at radius 2 is 1.53 bits per heavy atom. The van der Waals surface area contributed by atoms with E-state index in [1.165, 1.54) is 6.07 Å². The van der Waals surface area contributed by atoms with Crippen molar-refractivity contribution < 1.29 is 18.6 Å². The summed E-state index contributed by atoms with van der Waals surface area (Å²) in [6.07, 6.45) is 0. The Balaban J connectivity index is 2.79. The quantitative estimate of drug-likeness (QED) is 0.560. The maximum Gasteiger partial charge on any atom is 0.169 e. The molecule has 0 aliphatic carbocycles. The summed E-state index contributed by atoms with van der Waals surface area (Å²) < 4.78 is 22.2. The van der Waals surface area contributed by atoms with Crippen LogP contribution < -0.4 is 0 Å². The highest BCUT2D eigenvalue weighted by molar-refractivity contribution is 7.72. The van der Waals surface area contributed by atoms with Gasteiger partial charge >= 0.3 is 0 Å². The first-order valence-electron chi connectivity index (χ1n) is 4.86. The summed E-state index contributed by atoms with van der Waals surface area (Å²) in [5.41, 5.74) is 0.664. The largest absolute Gasteiger partial charge is 0.504 e. The minimum atomic E-state index is -2.84. The molecule has 4 nitrogen and oxygen atoms in total. The second kappa shape index (κ2) is 4.47. The Hall–Kier alpha value is -2.01. The number of benzene rings is 2. The summed E-state index contributed by atoms with van der Waals surface area (Å²) >= 11 is 0. The molecule has 0 fully saturated rings. The molecular weight excluding hydrogens is 240 g/mol. The molecule has 0 aliphatic rings. The van der Waals surface area contributed by atoms with E-state index in [9.17, 15) is 18.6 Å². The van der Waals surface area contributed by atoms with Gasteiger partial charge in [0.05, 0.1) is 4.90 Å². The molecule has 5 heteroatoms. The van der Waals surface area contributed by atoms with E-state index >= 15 is 0 Å². The lowest BCUT2D eigenvalue weighted by Crippen LogP contribution is -1.88. The van der Waals surface area contributed by atoms with Gasteiger partial charge in [0.1, 0.15) is 0 Å². The van der Waals surface area contributed by atoms with Crippen molar-refractivity contribution >= 4 is 10.7 Å². The molecule has 0 radical (unpaired) electrons. The average molecular weight is 250 g/mol. The molecule has 0 bridgehead atoms. The van der Waals surface area contributed by atoms with Crippen LogP contribution in [0.15, 0.2) is 47.4 Å². The first-order valence-corrected chi connectivity index (χ1v) is 6.03. The summed E-state index contributed by atoms with van der Waals surface area (Å²) in [5, 5.41) is 19.2. The van der Waals surface area contributed by atoms with E-state index in [1.54, 1.807) is 30.3 Å². The van der Waals surface area contributed by atoms with E-state index < -0.39 is 16.5 Å². The monoisotopic (exact) mass is 250 g/mol. The van der Waals surface area contributed by atoms with Gasteiger partial charge in [0.25, 0.3) is 0 Å². The Morgan fingerprint density at radius 1 is 0.882 bits per heavy atom. The molecule has 2 aromatic rings. The zero-order valence-corrected chi connectivity index (χ0v) is 9.59. The van der Waals surface area contributed by atoms with E-state index in [2.05, 4.69) is 0 Å². The van der Waals surface area contributed by atoms with Gasteiger partial charge in [0.15, 0.2) is 22.2 Å². The van der Waals surface area contributed by atoms with Gasteiger partial charge in [-0.3, -0.25) is 0 Å². The smallest absolute Gasteiger partial charge is 0.169 e. The summed E-state index contributed by atoms with van der Waals surface area (Å²) in [6, 6.07) is 11.0. The fourth-order valence-electron chi connectivity index (χ4n) is 1.61. The molecule has 0 amide bonds. The van der Waals surface area contributed by atoms with Gasteiger partial charge in [0.2, 0.25) is 0 Å². The molecule has 17 heavy (non-hydrogen) atoms. The molecule has 0 spiro atoms. The SMILES string of the molecule is O=[SH](=O)c1ccc(O)c(O)c1-c1ccccc1. The van der Waals surface area contributed by atoms with E-state index in [0.717, 1.165) is 6.07 Å². The number of phenolic OH excluding ortho intramolecular Hbond substituents is 2. The van der Waals surface area contributed by atoms with Gasteiger partial charge < -0.3 is 10.2 Å². The highest BCUT2D eigenvalue weighted by Crippen LogP contribution is 2.39. The van der Waals surface area contributed by atoms with Crippen molar-refractivity contribution in [2.45, 2.75) is 4.90 Å². The molecule has 2 N–H and O–H groups in total. The number of aromatic hydroxyl groups is 2. The second-order valence-electron chi connectivity index (χ2n) is 3.45. The van der Waals surface area contributed by atoms with Crippen LogP contribution in [0.25, 0.3) is 11.1 Å². The van der Waals surface area contributed by atoms with Crippen LogP contribution in [0.3, 0.4) is 0 Å². The van der Waals surface area contributed by atoms with Crippen molar-refractivity contribution in [2.24, 2.45) is 0 Å². The highest BCUT2D eigenvalue weighted by Gasteiger charge is 2.15. The van der Waals surface area contributed by atoms with E-state index in [1.807, 2.05) is 0 Å². The standard InChI is InChI=1S/C12H10O4S/c13-9-6-7-10(17(15)16)11(12(9)14)8-4-2-1-3-5-8/h1-7,13-14,17H. The topological polar surface area (TPSA) is 74.6 Å². The van der Waals surface area contributed by atoms with Gasteiger partial charge in [-0.2, -0.15) is 0 Å². The Kier molecular flexibility index (Phi) is 3.01. The molecular formula is C12H10O4S. The molecule has 0 aliphatic heterocycles. The molecule has 88 valence electrons. The van der Waals surface area contributed by atoms with Crippen molar-refractivity contribution in [3.63, 3.8) is 0 Å². The number of hydrogen-bond acceptors (Lipinski definition) is 4. The number of rotatable bonds is 2. The maximum absolute atomic E-state index is 11.1. The number of thiol groups is 1. The highest BCUT2D eigenvalue weighted by atomic mass is 32.2. The van der Waals surface area contributed by atoms with Crippen molar-refractivity contribution in [1.29, 1.82) is 0 Å². The zero-order valence-electron chi connectivity index (χ0n) is 8.70. The van der Waals surface area contributed by atoms with Gasteiger partial charge in [-0.25, -0.2) is 8.42 Å². The predicted octanol–water partition coefficient (Wildman–Crippen LogP) is 1.74. The third-order valence-electron chi connectivity index (χ3n) is 2.39. The van der Waals surface area contributed by atoms with Crippen LogP contribution >= 0.6 is 0 Å². The first kappa shape index (κ1) is 11.5. The number of phenols is 2.